The van der Waals surface area contributed by atoms with E-state index in [0.717, 1.165) is 0 Å². The molecule has 0 amide bonds. The number of phenols is 1. The molecule has 4 heteroatoms. The van der Waals surface area contributed by atoms with Gasteiger partial charge in [0, 0.05) is 6.00 Å². The number of phenolic OH excluding ortho intramolecular Hbond substituents is 1. The fraction of sp³-hybridized carbons (Fsp3) is 0.143. The van der Waals surface area contributed by atoms with Crippen molar-refractivity contribution in [3.63, 3.8) is 0 Å². The smallest absolute Gasteiger partial charge is 1.00 e. The zero-order valence-electron chi connectivity index (χ0n) is 7.36. The Morgan fingerprint density at radius 1 is 1.27 bits per heavy atom. The number of aliphatic hydroxyl groups excluding tert-OH is 1. The molecule has 0 aliphatic rings. The summed E-state index contributed by atoms with van der Waals surface area (Å²) in [6.45, 7) is 0. The first kappa shape index (κ1) is 10.6. The van der Waals surface area contributed by atoms with Gasteiger partial charge in [-0.15, -0.1) is 0 Å². The van der Waals surface area contributed by atoms with Crippen molar-refractivity contribution in [2.45, 2.75) is 6.00 Å². The Labute approximate surface area is 80.3 Å². The SMILES string of the molecule is [B]C(O)c1ccc(O)cc1.[H-].[Li+]. The fourth-order valence-electron chi connectivity index (χ4n) is 0.671. The molecule has 0 saturated heterocycles. The predicted molar refractivity (Wildman–Crippen MR) is 39.9 cm³/mol. The van der Waals surface area contributed by atoms with Crippen molar-refractivity contribution in [3.05, 3.63) is 29.8 Å². The molecule has 1 rings (SSSR count). The van der Waals surface area contributed by atoms with Crippen LogP contribution in [0.1, 0.15) is 13.0 Å². The molecule has 0 aromatic heterocycles. The molecule has 2 nitrogen and oxygen atoms in total. The van der Waals surface area contributed by atoms with Crippen molar-refractivity contribution in [1.29, 1.82) is 0 Å². The molecule has 2 N–H and O–H groups in total. The van der Waals surface area contributed by atoms with Gasteiger partial charge in [-0.2, -0.15) is 0 Å². The monoisotopic (exact) mass is 142 g/mol. The van der Waals surface area contributed by atoms with E-state index < -0.39 is 6.00 Å². The molecule has 0 aliphatic heterocycles. The van der Waals surface area contributed by atoms with E-state index in [1.807, 2.05) is 0 Å². The Morgan fingerprint density at radius 3 is 2.09 bits per heavy atom. The average molecular weight is 142 g/mol. The van der Waals surface area contributed by atoms with Crippen molar-refractivity contribution in [2.24, 2.45) is 0 Å². The standard InChI is InChI=1S/C7H7BO2.Li.H/c8-7(10)5-1-3-6(9)4-2-5;;/h1-4,7,9-10H;;/q;+1;-1. The minimum atomic E-state index is -0.958. The number of aromatic hydroxyl groups is 1. The van der Waals surface area contributed by atoms with E-state index in [9.17, 15) is 0 Å². The van der Waals surface area contributed by atoms with E-state index in [0.29, 0.717) is 5.56 Å². The normalized spacial score (nSPS) is 11.7. The van der Waals surface area contributed by atoms with Gasteiger partial charge in [0.1, 0.15) is 13.6 Å². The van der Waals surface area contributed by atoms with E-state index in [-0.39, 0.29) is 26.0 Å². The van der Waals surface area contributed by atoms with Crippen LogP contribution in [-0.2, 0) is 0 Å². The van der Waals surface area contributed by atoms with Gasteiger partial charge in [0.2, 0.25) is 0 Å². The maximum absolute atomic E-state index is 8.82. The third-order valence-corrected chi connectivity index (χ3v) is 1.23. The largest absolute Gasteiger partial charge is 1.00 e. The second-order valence-electron chi connectivity index (χ2n) is 2.04. The van der Waals surface area contributed by atoms with Crippen molar-refractivity contribution in [2.75, 3.05) is 0 Å². The fourth-order valence-corrected chi connectivity index (χ4v) is 0.671. The zero-order chi connectivity index (χ0) is 7.56. The molecule has 1 aromatic carbocycles. The van der Waals surface area contributed by atoms with E-state index in [1.165, 1.54) is 12.1 Å². The second-order valence-corrected chi connectivity index (χ2v) is 2.04. The zero-order valence-corrected chi connectivity index (χ0v) is 6.36. The summed E-state index contributed by atoms with van der Waals surface area (Å²) in [5, 5.41) is 17.6. The van der Waals surface area contributed by atoms with Crippen LogP contribution >= 0.6 is 0 Å². The number of hydrogen-bond donors (Lipinski definition) is 2. The Bertz CT molecular complexity index is 215. The van der Waals surface area contributed by atoms with Crippen LogP contribution in [0.15, 0.2) is 24.3 Å². The summed E-state index contributed by atoms with van der Waals surface area (Å²) in [6, 6.07) is 5.14. The Hall–Kier alpha value is -0.358. The summed E-state index contributed by atoms with van der Waals surface area (Å²) in [6.07, 6.45) is 0. The molecule has 2 radical (unpaired) electrons. The molecule has 0 aliphatic carbocycles. The summed E-state index contributed by atoms with van der Waals surface area (Å²) in [4.78, 5) is 0. The van der Waals surface area contributed by atoms with Gasteiger partial charge in [-0.05, 0) is 17.7 Å². The van der Waals surface area contributed by atoms with Crippen LogP contribution in [0.3, 0.4) is 0 Å². The van der Waals surface area contributed by atoms with Gasteiger partial charge in [-0.1, -0.05) is 12.1 Å². The van der Waals surface area contributed by atoms with Crippen molar-refractivity contribution in [1.82, 2.24) is 0 Å². The summed E-state index contributed by atoms with van der Waals surface area (Å²) in [5.41, 5.74) is 0.595. The molecular formula is C7H8BLiO2. The number of rotatable bonds is 1. The van der Waals surface area contributed by atoms with E-state index in [1.54, 1.807) is 12.1 Å². The molecule has 0 fully saturated rings. The van der Waals surface area contributed by atoms with Gasteiger partial charge < -0.3 is 11.6 Å². The van der Waals surface area contributed by atoms with Crippen LogP contribution in [0.5, 0.6) is 5.75 Å². The quantitative estimate of drug-likeness (QED) is 0.431. The number of benzene rings is 1. The third-order valence-electron chi connectivity index (χ3n) is 1.23. The maximum atomic E-state index is 8.82. The maximum Gasteiger partial charge on any atom is 1.00 e. The molecule has 0 bridgehead atoms. The molecule has 11 heavy (non-hydrogen) atoms. The molecule has 1 unspecified atom stereocenters. The summed E-state index contributed by atoms with van der Waals surface area (Å²) in [7, 11) is 5.14. The topological polar surface area (TPSA) is 40.5 Å². The first-order valence-corrected chi connectivity index (χ1v) is 2.93. The molecule has 0 heterocycles. The molecule has 1 atom stereocenters. The number of hydrogen-bond acceptors (Lipinski definition) is 2. The second kappa shape index (κ2) is 4.51. The van der Waals surface area contributed by atoms with Gasteiger partial charge in [0.05, 0.1) is 0 Å². The van der Waals surface area contributed by atoms with Crippen LogP contribution in [0, 0.1) is 0 Å². The van der Waals surface area contributed by atoms with Gasteiger partial charge in [0.25, 0.3) is 0 Å². The Kier molecular flexibility index (Phi) is 4.36. The summed E-state index contributed by atoms with van der Waals surface area (Å²) < 4.78 is 0. The summed E-state index contributed by atoms with van der Waals surface area (Å²) >= 11 is 0. The van der Waals surface area contributed by atoms with E-state index >= 15 is 0 Å². The van der Waals surface area contributed by atoms with Gasteiger partial charge in [-0.3, -0.25) is 0 Å². The average Bonchev–Trinajstić information content (AvgIpc) is 1.88. The number of aliphatic hydroxyl groups is 1. The van der Waals surface area contributed by atoms with Crippen LogP contribution in [0.2, 0.25) is 0 Å². The minimum Gasteiger partial charge on any atom is -1.00 e. The van der Waals surface area contributed by atoms with E-state index in [4.69, 9.17) is 18.1 Å². The van der Waals surface area contributed by atoms with Gasteiger partial charge in [0.15, 0.2) is 0 Å². The third kappa shape index (κ3) is 3.03. The van der Waals surface area contributed by atoms with Crippen LogP contribution in [0.25, 0.3) is 0 Å². The van der Waals surface area contributed by atoms with E-state index in [2.05, 4.69) is 0 Å². The minimum absolute atomic E-state index is 0. The molecule has 0 spiro atoms. The van der Waals surface area contributed by atoms with Crippen LogP contribution in [0.4, 0.5) is 0 Å². The predicted octanol–water partition coefficient (Wildman–Crippen LogP) is -2.33. The molecule has 52 valence electrons. The van der Waals surface area contributed by atoms with Crippen molar-refractivity contribution in [3.8, 4) is 5.75 Å². The Balaban J connectivity index is 0. The van der Waals surface area contributed by atoms with Crippen LogP contribution in [-0.4, -0.2) is 18.1 Å². The van der Waals surface area contributed by atoms with Crippen molar-refractivity contribution < 1.29 is 30.5 Å². The van der Waals surface area contributed by atoms with Crippen LogP contribution < -0.4 is 18.9 Å². The van der Waals surface area contributed by atoms with Crippen molar-refractivity contribution >= 4 is 7.85 Å². The van der Waals surface area contributed by atoms with Gasteiger partial charge >= 0.3 is 18.9 Å². The Morgan fingerprint density at radius 2 is 1.73 bits per heavy atom. The first-order chi connectivity index (χ1) is 4.70. The molecule has 0 saturated carbocycles. The van der Waals surface area contributed by atoms with Gasteiger partial charge in [-0.25, -0.2) is 0 Å². The molecule has 1 aromatic rings. The molecular weight excluding hydrogens is 134 g/mol. The summed E-state index contributed by atoms with van der Waals surface area (Å²) in [5.74, 6) is 0.171. The first-order valence-electron chi connectivity index (χ1n) is 2.93.